The highest BCUT2D eigenvalue weighted by molar-refractivity contribution is 7.12. The van der Waals surface area contributed by atoms with Gasteiger partial charge in [0.15, 0.2) is 0 Å². The lowest BCUT2D eigenvalue weighted by molar-refractivity contribution is 0.0933. The van der Waals surface area contributed by atoms with Crippen LogP contribution in [0.2, 0.25) is 0 Å². The van der Waals surface area contributed by atoms with Gasteiger partial charge in [-0.1, -0.05) is 0 Å². The number of methoxy groups -OCH3 is 1. The monoisotopic (exact) mass is 308 g/mol. The molecule has 1 fully saturated rings. The van der Waals surface area contributed by atoms with Crippen LogP contribution in [0.4, 0.5) is 0 Å². The van der Waals surface area contributed by atoms with E-state index in [9.17, 15) is 4.79 Å². The highest BCUT2D eigenvalue weighted by Crippen LogP contribution is 2.42. The van der Waals surface area contributed by atoms with E-state index in [1.165, 1.54) is 11.3 Å². The van der Waals surface area contributed by atoms with Gasteiger partial charge in [-0.3, -0.25) is 4.79 Å². The summed E-state index contributed by atoms with van der Waals surface area (Å²) in [5.41, 5.74) is 1.01. The fourth-order valence-electron chi connectivity index (χ4n) is 2.16. The number of ether oxygens (including phenoxy) is 1. The minimum absolute atomic E-state index is 0.0352. The minimum Gasteiger partial charge on any atom is -0.495 e. The molecular weight excluding hydrogens is 292 g/mol. The molecule has 4 nitrogen and oxygen atoms in total. The Morgan fingerprint density at radius 1 is 1.50 bits per heavy atom. The molecule has 3 rings (SSSR count). The smallest absolute Gasteiger partial charge is 0.265 e. The van der Waals surface area contributed by atoms with Crippen molar-refractivity contribution < 1.29 is 9.53 Å². The van der Waals surface area contributed by atoms with Crippen molar-refractivity contribution >= 4 is 28.6 Å². The summed E-state index contributed by atoms with van der Waals surface area (Å²) in [6.07, 6.45) is 2.32. The Morgan fingerprint density at radius 3 is 2.90 bits per heavy atom. The number of thiazole rings is 1. The van der Waals surface area contributed by atoms with E-state index in [4.69, 9.17) is 4.74 Å². The molecule has 2 heterocycles. The van der Waals surface area contributed by atoms with Crippen molar-refractivity contribution in [2.75, 3.05) is 7.11 Å². The van der Waals surface area contributed by atoms with Gasteiger partial charge in [-0.15, -0.1) is 22.7 Å². The SMILES string of the molecule is COc1ccsc1C(=O)NC(c1nc(C)cs1)C1CC1. The van der Waals surface area contributed by atoms with E-state index in [1.807, 2.05) is 23.8 Å². The largest absolute Gasteiger partial charge is 0.495 e. The van der Waals surface area contributed by atoms with Crippen molar-refractivity contribution in [3.8, 4) is 5.75 Å². The summed E-state index contributed by atoms with van der Waals surface area (Å²) in [5.74, 6) is 1.09. The number of aromatic nitrogens is 1. The molecule has 2 aromatic heterocycles. The van der Waals surface area contributed by atoms with Gasteiger partial charge in [0.1, 0.15) is 15.6 Å². The van der Waals surface area contributed by atoms with Crippen molar-refractivity contribution in [3.05, 3.63) is 32.4 Å². The fourth-order valence-corrected chi connectivity index (χ4v) is 3.86. The predicted molar refractivity (Wildman–Crippen MR) is 80.7 cm³/mol. The number of nitrogens with zero attached hydrogens (tertiary/aromatic N) is 1. The first-order valence-corrected chi connectivity index (χ1v) is 8.29. The summed E-state index contributed by atoms with van der Waals surface area (Å²) in [4.78, 5) is 17.6. The summed E-state index contributed by atoms with van der Waals surface area (Å²) >= 11 is 3.02. The number of carbonyl (C=O) groups is 1. The van der Waals surface area contributed by atoms with Crippen LogP contribution >= 0.6 is 22.7 Å². The third-order valence-corrected chi connectivity index (χ3v) is 5.28. The molecule has 1 amide bonds. The number of amides is 1. The molecule has 1 aliphatic carbocycles. The molecule has 20 heavy (non-hydrogen) atoms. The van der Waals surface area contributed by atoms with Gasteiger partial charge >= 0.3 is 0 Å². The number of hydrogen-bond donors (Lipinski definition) is 1. The average molecular weight is 308 g/mol. The van der Waals surface area contributed by atoms with Crippen molar-refractivity contribution in [2.45, 2.75) is 25.8 Å². The Morgan fingerprint density at radius 2 is 2.30 bits per heavy atom. The fraction of sp³-hybridized carbons (Fsp3) is 0.429. The highest BCUT2D eigenvalue weighted by atomic mass is 32.1. The van der Waals surface area contributed by atoms with Crippen molar-refractivity contribution in [1.29, 1.82) is 0 Å². The minimum atomic E-state index is -0.0680. The first-order chi connectivity index (χ1) is 9.69. The number of rotatable bonds is 5. The quantitative estimate of drug-likeness (QED) is 0.921. The molecule has 2 aromatic rings. The Hall–Kier alpha value is -1.40. The normalized spacial score (nSPS) is 15.9. The van der Waals surface area contributed by atoms with Crippen molar-refractivity contribution in [2.24, 2.45) is 5.92 Å². The molecule has 0 spiro atoms. The van der Waals surface area contributed by atoms with Gasteiger partial charge in [-0.2, -0.15) is 0 Å². The van der Waals surface area contributed by atoms with Crippen LogP contribution in [-0.4, -0.2) is 18.0 Å². The number of thiophene rings is 1. The molecule has 1 N–H and O–H groups in total. The van der Waals surface area contributed by atoms with Crippen molar-refractivity contribution in [3.63, 3.8) is 0 Å². The van der Waals surface area contributed by atoms with E-state index in [2.05, 4.69) is 10.3 Å². The molecule has 0 aliphatic heterocycles. The zero-order valence-corrected chi connectivity index (χ0v) is 13.0. The third kappa shape index (κ3) is 2.71. The van der Waals surface area contributed by atoms with Crippen LogP contribution in [0, 0.1) is 12.8 Å². The number of carbonyl (C=O) groups excluding carboxylic acids is 1. The lowest BCUT2D eigenvalue weighted by atomic mass is 10.2. The number of hydrogen-bond acceptors (Lipinski definition) is 5. The molecule has 1 unspecified atom stereocenters. The summed E-state index contributed by atoms with van der Waals surface area (Å²) in [7, 11) is 1.58. The molecule has 0 bridgehead atoms. The second-order valence-corrected chi connectivity index (χ2v) is 6.74. The third-order valence-electron chi connectivity index (χ3n) is 3.34. The van der Waals surface area contributed by atoms with E-state index < -0.39 is 0 Å². The van der Waals surface area contributed by atoms with Gasteiger partial charge in [0.2, 0.25) is 0 Å². The van der Waals surface area contributed by atoms with E-state index in [0.29, 0.717) is 16.5 Å². The van der Waals surface area contributed by atoms with E-state index in [-0.39, 0.29) is 11.9 Å². The number of aryl methyl sites for hydroxylation is 1. The lowest BCUT2D eigenvalue weighted by Gasteiger charge is -2.15. The van der Waals surface area contributed by atoms with Crippen LogP contribution in [0.1, 0.15) is 39.3 Å². The zero-order chi connectivity index (χ0) is 14.1. The van der Waals surface area contributed by atoms with Gasteiger partial charge in [-0.05, 0) is 37.1 Å². The molecule has 1 aliphatic rings. The predicted octanol–water partition coefficient (Wildman–Crippen LogP) is 3.40. The van der Waals surface area contributed by atoms with E-state index >= 15 is 0 Å². The van der Waals surface area contributed by atoms with Gasteiger partial charge < -0.3 is 10.1 Å². The molecule has 6 heteroatoms. The van der Waals surface area contributed by atoms with E-state index in [0.717, 1.165) is 23.5 Å². The Labute approximate surface area is 125 Å². The first kappa shape index (κ1) is 13.6. The molecular formula is C14H16N2O2S2. The maximum atomic E-state index is 12.4. The summed E-state index contributed by atoms with van der Waals surface area (Å²) in [5, 5.41) is 8.03. The average Bonchev–Trinajstić information content (AvgIpc) is 2.99. The van der Waals surface area contributed by atoms with Crippen molar-refractivity contribution in [1.82, 2.24) is 10.3 Å². The standard InChI is InChI=1S/C14H16N2O2S2/c1-8-7-20-14(15-8)11(9-3-4-9)16-13(17)12-10(18-2)5-6-19-12/h5-7,9,11H,3-4H2,1-2H3,(H,16,17). The van der Waals surface area contributed by atoms with E-state index in [1.54, 1.807) is 18.4 Å². The van der Waals surface area contributed by atoms with Gasteiger partial charge in [0, 0.05) is 11.1 Å². The molecule has 106 valence electrons. The molecule has 1 saturated carbocycles. The van der Waals surface area contributed by atoms with Gasteiger partial charge in [0.05, 0.1) is 13.2 Å². The molecule has 1 atom stereocenters. The molecule has 0 radical (unpaired) electrons. The van der Waals surface area contributed by atoms with Gasteiger partial charge in [-0.25, -0.2) is 4.98 Å². The lowest BCUT2D eigenvalue weighted by Crippen LogP contribution is -2.29. The van der Waals surface area contributed by atoms with Crippen LogP contribution in [0.3, 0.4) is 0 Å². The van der Waals surface area contributed by atoms with Crippen LogP contribution in [0.15, 0.2) is 16.8 Å². The van der Waals surface area contributed by atoms with Crippen LogP contribution in [-0.2, 0) is 0 Å². The van der Waals surface area contributed by atoms with Crippen LogP contribution in [0.25, 0.3) is 0 Å². The zero-order valence-electron chi connectivity index (χ0n) is 11.4. The van der Waals surface area contributed by atoms with Crippen LogP contribution in [0.5, 0.6) is 5.75 Å². The summed E-state index contributed by atoms with van der Waals surface area (Å²) in [6, 6.07) is 1.85. The second-order valence-electron chi connectivity index (χ2n) is 4.93. The van der Waals surface area contributed by atoms with Gasteiger partial charge in [0.25, 0.3) is 5.91 Å². The Balaban J connectivity index is 1.78. The Kier molecular flexibility index (Phi) is 3.76. The van der Waals surface area contributed by atoms with Crippen LogP contribution < -0.4 is 10.1 Å². The summed E-state index contributed by atoms with van der Waals surface area (Å²) < 4.78 is 5.21. The maximum absolute atomic E-state index is 12.4. The Bertz CT molecular complexity index is 616. The molecule has 0 aromatic carbocycles. The molecule has 0 saturated heterocycles. The second kappa shape index (κ2) is 5.54. The highest BCUT2D eigenvalue weighted by Gasteiger charge is 2.35. The topological polar surface area (TPSA) is 51.2 Å². The first-order valence-electron chi connectivity index (χ1n) is 6.53. The maximum Gasteiger partial charge on any atom is 0.265 e. The summed E-state index contributed by atoms with van der Waals surface area (Å²) in [6.45, 7) is 1.98. The number of nitrogens with one attached hydrogen (secondary N) is 1.